The Balaban J connectivity index is 2.66. The number of benzene rings is 1. The number of fused-ring (bicyclic) bond motifs is 1. The standard InChI is InChI=1S/C8H4Br3NO2SSe/c9-8(10,11)15(13,14)7-12-5-3-1-2-4-6(5)16-7/h1-4H. The van der Waals surface area contributed by atoms with Crippen LogP contribution in [-0.4, -0.2) is 29.4 Å². The van der Waals surface area contributed by atoms with Crippen LogP contribution in [0.25, 0.3) is 9.78 Å². The van der Waals surface area contributed by atoms with Gasteiger partial charge in [0.25, 0.3) is 0 Å². The zero-order chi connectivity index (χ0) is 12.0. The normalized spacial score (nSPS) is 13.2. The molecule has 0 aliphatic rings. The third kappa shape index (κ3) is 2.33. The van der Waals surface area contributed by atoms with Crippen LogP contribution in [0, 0.1) is 0 Å². The minimum absolute atomic E-state index is 0.215. The Hall–Kier alpha value is 0.799. The number of aromatic nitrogens is 1. The SMILES string of the molecule is O=S(=O)(c1nc2ccccc2[se]1)C(Br)(Br)Br. The summed E-state index contributed by atoms with van der Waals surface area (Å²) in [5.41, 5.74) is 0.748. The molecule has 2 rings (SSSR count). The van der Waals surface area contributed by atoms with Crippen LogP contribution < -0.4 is 0 Å². The second-order valence-corrected chi connectivity index (χ2v) is 16.0. The fourth-order valence-electron chi connectivity index (χ4n) is 1.07. The molecule has 0 bridgehead atoms. The van der Waals surface area contributed by atoms with Crippen LogP contribution in [0.1, 0.15) is 0 Å². The number of hydrogen-bond donors (Lipinski definition) is 0. The zero-order valence-electron chi connectivity index (χ0n) is 7.52. The molecular weight excluding hydrogens is 493 g/mol. The van der Waals surface area contributed by atoms with Gasteiger partial charge in [-0.1, -0.05) is 0 Å². The van der Waals surface area contributed by atoms with E-state index in [9.17, 15) is 8.42 Å². The van der Waals surface area contributed by atoms with Gasteiger partial charge in [-0.3, -0.25) is 0 Å². The molecule has 1 aromatic carbocycles. The van der Waals surface area contributed by atoms with Crippen LogP contribution in [0.5, 0.6) is 0 Å². The number of hydrogen-bond acceptors (Lipinski definition) is 3. The van der Waals surface area contributed by atoms with Crippen molar-refractivity contribution in [3.05, 3.63) is 24.3 Å². The quantitative estimate of drug-likeness (QED) is 0.451. The first-order chi connectivity index (χ1) is 7.32. The van der Waals surface area contributed by atoms with E-state index in [0.29, 0.717) is 0 Å². The van der Waals surface area contributed by atoms with Crippen molar-refractivity contribution in [2.45, 2.75) is 5.37 Å². The Morgan fingerprint density at radius 2 is 1.81 bits per heavy atom. The van der Waals surface area contributed by atoms with Gasteiger partial charge in [0.2, 0.25) is 0 Å². The van der Waals surface area contributed by atoms with E-state index >= 15 is 0 Å². The van der Waals surface area contributed by atoms with Crippen LogP contribution >= 0.6 is 47.8 Å². The molecule has 0 atom stereocenters. The molecule has 3 nitrogen and oxygen atoms in total. The molecule has 0 radical (unpaired) electrons. The summed E-state index contributed by atoms with van der Waals surface area (Å²) in [7, 11) is -3.52. The second kappa shape index (κ2) is 4.48. The molecule has 0 spiro atoms. The molecule has 8 heteroatoms. The molecule has 2 aromatic rings. The van der Waals surface area contributed by atoms with Crippen LogP contribution in [0.15, 0.2) is 28.2 Å². The molecule has 1 aromatic heterocycles. The Labute approximate surface area is 124 Å². The van der Waals surface area contributed by atoms with Crippen molar-refractivity contribution in [3.63, 3.8) is 0 Å². The Morgan fingerprint density at radius 1 is 1.19 bits per heavy atom. The summed E-state index contributed by atoms with van der Waals surface area (Å²) in [5.74, 6) is 0. The molecule has 0 N–H and O–H groups in total. The monoisotopic (exact) mass is 495 g/mol. The molecule has 16 heavy (non-hydrogen) atoms. The van der Waals surface area contributed by atoms with E-state index in [-0.39, 0.29) is 18.4 Å². The van der Waals surface area contributed by atoms with E-state index in [4.69, 9.17) is 0 Å². The summed E-state index contributed by atoms with van der Waals surface area (Å²) in [5, 5.41) is 0. The third-order valence-corrected chi connectivity index (χ3v) is 10.4. The van der Waals surface area contributed by atoms with Crippen molar-refractivity contribution >= 4 is 81.9 Å². The van der Waals surface area contributed by atoms with Gasteiger partial charge in [-0.2, -0.15) is 0 Å². The topological polar surface area (TPSA) is 47.0 Å². The molecule has 0 amide bonds. The van der Waals surface area contributed by atoms with Gasteiger partial charge in [0.1, 0.15) is 0 Å². The van der Waals surface area contributed by atoms with E-state index in [1.54, 1.807) is 0 Å². The Kier molecular flexibility index (Phi) is 3.70. The average molecular weight is 497 g/mol. The first-order valence-corrected chi connectivity index (χ1v) is 9.57. The van der Waals surface area contributed by atoms with E-state index < -0.39 is 11.3 Å². The molecule has 1 heterocycles. The van der Waals surface area contributed by atoms with Gasteiger partial charge in [-0.05, 0) is 0 Å². The van der Waals surface area contributed by atoms with E-state index in [2.05, 4.69) is 52.8 Å². The van der Waals surface area contributed by atoms with Crippen molar-refractivity contribution in [2.75, 3.05) is 0 Å². The molecule has 0 aliphatic carbocycles. The predicted molar refractivity (Wildman–Crippen MR) is 75.4 cm³/mol. The molecular formula is C8H4Br3NO2SSe. The molecule has 0 aliphatic heterocycles. The van der Waals surface area contributed by atoms with Crippen molar-refractivity contribution in [3.8, 4) is 0 Å². The number of sulfone groups is 1. The minimum atomic E-state index is -3.52. The van der Waals surface area contributed by atoms with Gasteiger partial charge in [0.05, 0.1) is 0 Å². The fraction of sp³-hybridized carbons (Fsp3) is 0.125. The van der Waals surface area contributed by atoms with E-state index in [0.717, 1.165) is 9.78 Å². The van der Waals surface area contributed by atoms with E-state index in [1.165, 1.54) is 0 Å². The second-order valence-electron chi connectivity index (χ2n) is 2.90. The fourth-order valence-corrected chi connectivity index (χ4v) is 8.55. The van der Waals surface area contributed by atoms with Crippen LogP contribution in [-0.2, 0) is 9.84 Å². The number of nitrogens with zero attached hydrogens (tertiary/aromatic N) is 1. The first-order valence-electron chi connectivity index (χ1n) is 3.99. The number of alkyl halides is 3. The van der Waals surface area contributed by atoms with Crippen LogP contribution in [0.3, 0.4) is 0 Å². The van der Waals surface area contributed by atoms with Gasteiger partial charge in [-0.15, -0.1) is 0 Å². The van der Waals surface area contributed by atoms with Crippen molar-refractivity contribution in [1.29, 1.82) is 0 Å². The van der Waals surface area contributed by atoms with E-state index in [1.807, 2.05) is 24.3 Å². The van der Waals surface area contributed by atoms with Gasteiger partial charge in [0, 0.05) is 0 Å². The molecule has 0 unspecified atom stereocenters. The van der Waals surface area contributed by atoms with Crippen molar-refractivity contribution in [2.24, 2.45) is 0 Å². The Morgan fingerprint density at radius 3 is 2.38 bits per heavy atom. The summed E-state index contributed by atoms with van der Waals surface area (Å²) >= 11 is 8.82. The summed E-state index contributed by atoms with van der Waals surface area (Å²) in [6.07, 6.45) is 0. The first kappa shape index (κ1) is 13.2. The van der Waals surface area contributed by atoms with Gasteiger partial charge in [-0.25, -0.2) is 0 Å². The number of halogens is 3. The number of para-hydroxylation sites is 1. The Bertz CT molecular complexity index is 599. The average Bonchev–Trinajstić information content (AvgIpc) is 2.59. The van der Waals surface area contributed by atoms with Crippen molar-refractivity contribution < 1.29 is 8.42 Å². The molecule has 0 fully saturated rings. The third-order valence-electron chi connectivity index (χ3n) is 1.81. The summed E-state index contributed by atoms with van der Waals surface area (Å²) in [6, 6.07) is 7.45. The van der Waals surface area contributed by atoms with Crippen LogP contribution in [0.2, 0.25) is 0 Å². The maximum absolute atomic E-state index is 12.1. The van der Waals surface area contributed by atoms with Crippen LogP contribution in [0.4, 0.5) is 0 Å². The zero-order valence-corrected chi connectivity index (χ0v) is 14.8. The summed E-state index contributed by atoms with van der Waals surface area (Å²) < 4.78 is 24.0. The molecule has 86 valence electrons. The van der Waals surface area contributed by atoms with Crippen molar-refractivity contribution in [1.82, 2.24) is 4.98 Å². The maximum atomic E-state index is 12.1. The molecule has 0 saturated heterocycles. The number of rotatable bonds is 1. The van der Waals surface area contributed by atoms with Gasteiger partial charge < -0.3 is 0 Å². The predicted octanol–water partition coefficient (Wildman–Crippen LogP) is 2.86. The van der Waals surface area contributed by atoms with Gasteiger partial charge >= 0.3 is 125 Å². The van der Waals surface area contributed by atoms with Gasteiger partial charge in [0.15, 0.2) is 0 Å². The summed E-state index contributed by atoms with van der Waals surface area (Å²) in [4.78, 5) is 4.16. The molecule has 0 saturated carbocycles. The summed E-state index contributed by atoms with van der Waals surface area (Å²) in [6.45, 7) is 0.